The van der Waals surface area contributed by atoms with E-state index in [9.17, 15) is 9.59 Å². The summed E-state index contributed by atoms with van der Waals surface area (Å²) < 4.78 is 13.3. The van der Waals surface area contributed by atoms with Crippen LogP contribution >= 0.6 is 0 Å². The number of carbonyl (C=O) groups excluding carboxylic acids is 1. The van der Waals surface area contributed by atoms with E-state index in [1.54, 1.807) is 22.5 Å². The van der Waals surface area contributed by atoms with Crippen LogP contribution in [0.3, 0.4) is 0 Å². The number of pyridine rings is 1. The van der Waals surface area contributed by atoms with Crippen molar-refractivity contribution >= 4 is 22.5 Å². The van der Waals surface area contributed by atoms with Crippen LogP contribution < -0.4 is 10.4 Å². The summed E-state index contributed by atoms with van der Waals surface area (Å²) in [6, 6.07) is 7.54. The van der Waals surface area contributed by atoms with Gasteiger partial charge >= 0.3 is 5.69 Å². The molecule has 0 saturated carbocycles. The second-order valence-electron chi connectivity index (χ2n) is 6.34. The standard InChI is InChI=1S/C18H20N4O4/c1-12-9-13-3-4-14(25-2)10-15(13)22-17(12)19-21(18(22)24)11-16(23)20-5-7-26-8-6-20/h3-4,9-10H,5-8,11H2,1-2H3. The second-order valence-corrected chi connectivity index (χ2v) is 6.34. The average molecular weight is 356 g/mol. The fourth-order valence-electron chi connectivity index (χ4n) is 3.29. The fourth-order valence-corrected chi connectivity index (χ4v) is 3.29. The Morgan fingerprint density at radius 3 is 2.77 bits per heavy atom. The molecule has 1 amide bonds. The zero-order valence-corrected chi connectivity index (χ0v) is 14.8. The molecule has 0 N–H and O–H groups in total. The Balaban J connectivity index is 1.80. The summed E-state index contributed by atoms with van der Waals surface area (Å²) in [5.74, 6) is 0.532. The maximum Gasteiger partial charge on any atom is 0.351 e. The molecule has 1 aliphatic heterocycles. The number of hydrogen-bond acceptors (Lipinski definition) is 5. The van der Waals surface area contributed by atoms with E-state index < -0.39 is 0 Å². The van der Waals surface area contributed by atoms with E-state index in [0.717, 1.165) is 10.9 Å². The van der Waals surface area contributed by atoms with Gasteiger partial charge in [0.2, 0.25) is 5.91 Å². The van der Waals surface area contributed by atoms with E-state index in [-0.39, 0.29) is 18.1 Å². The first kappa shape index (κ1) is 16.6. The molecule has 0 atom stereocenters. The fraction of sp³-hybridized carbons (Fsp3) is 0.389. The molecule has 26 heavy (non-hydrogen) atoms. The Kier molecular flexibility index (Phi) is 4.12. The quantitative estimate of drug-likeness (QED) is 0.694. The molecule has 0 unspecified atom stereocenters. The second kappa shape index (κ2) is 6.45. The Bertz CT molecular complexity index is 1050. The molecule has 8 heteroatoms. The van der Waals surface area contributed by atoms with Gasteiger partial charge in [0.05, 0.1) is 25.8 Å². The van der Waals surface area contributed by atoms with Crippen molar-refractivity contribution in [1.29, 1.82) is 0 Å². The molecule has 1 aliphatic rings. The lowest BCUT2D eigenvalue weighted by Gasteiger charge is -2.26. The van der Waals surface area contributed by atoms with E-state index in [4.69, 9.17) is 9.47 Å². The van der Waals surface area contributed by atoms with Gasteiger partial charge in [-0.05, 0) is 36.1 Å². The highest BCUT2D eigenvalue weighted by Gasteiger charge is 2.20. The van der Waals surface area contributed by atoms with Crippen LogP contribution in [0.1, 0.15) is 5.56 Å². The monoisotopic (exact) mass is 356 g/mol. The third-order valence-electron chi connectivity index (χ3n) is 4.69. The van der Waals surface area contributed by atoms with Crippen molar-refractivity contribution in [3.63, 3.8) is 0 Å². The molecule has 1 saturated heterocycles. The number of methoxy groups -OCH3 is 1. The van der Waals surface area contributed by atoms with Crippen LogP contribution in [0.4, 0.5) is 0 Å². The minimum Gasteiger partial charge on any atom is -0.497 e. The van der Waals surface area contributed by atoms with Crippen molar-refractivity contribution in [3.05, 3.63) is 40.3 Å². The number of amides is 1. The molecule has 3 aromatic rings. The third kappa shape index (κ3) is 2.72. The molecule has 0 aliphatic carbocycles. The number of rotatable bonds is 3. The van der Waals surface area contributed by atoms with Crippen molar-refractivity contribution < 1.29 is 14.3 Å². The zero-order chi connectivity index (χ0) is 18.3. The molecule has 1 fully saturated rings. The highest BCUT2D eigenvalue weighted by Crippen LogP contribution is 2.23. The number of benzene rings is 1. The summed E-state index contributed by atoms with van der Waals surface area (Å²) in [5.41, 5.74) is 1.80. The van der Waals surface area contributed by atoms with Gasteiger partial charge in [0.15, 0.2) is 5.65 Å². The number of nitrogens with zero attached hydrogens (tertiary/aromatic N) is 4. The molecule has 136 valence electrons. The maximum atomic E-state index is 12.9. The average Bonchev–Trinajstić information content (AvgIpc) is 2.99. The number of morpholine rings is 1. The number of aryl methyl sites for hydroxylation is 1. The molecule has 0 spiro atoms. The maximum absolute atomic E-state index is 12.9. The minimum atomic E-state index is -0.330. The Morgan fingerprint density at radius 2 is 2.04 bits per heavy atom. The lowest BCUT2D eigenvalue weighted by molar-refractivity contribution is -0.136. The molecule has 1 aromatic carbocycles. The van der Waals surface area contributed by atoms with Crippen molar-refractivity contribution in [2.75, 3.05) is 33.4 Å². The van der Waals surface area contributed by atoms with Crippen molar-refractivity contribution in [1.82, 2.24) is 19.1 Å². The van der Waals surface area contributed by atoms with Gasteiger partial charge in [0.1, 0.15) is 12.3 Å². The molecule has 3 heterocycles. The van der Waals surface area contributed by atoms with Crippen LogP contribution in [-0.2, 0) is 16.1 Å². The number of carbonyl (C=O) groups is 1. The molecular formula is C18H20N4O4. The first-order valence-corrected chi connectivity index (χ1v) is 8.51. The highest BCUT2D eigenvalue weighted by molar-refractivity contribution is 5.84. The largest absolute Gasteiger partial charge is 0.497 e. The van der Waals surface area contributed by atoms with E-state index in [1.165, 1.54) is 4.68 Å². The summed E-state index contributed by atoms with van der Waals surface area (Å²) in [6.07, 6.45) is 0. The Labute approximate surface area is 149 Å². The molecule has 8 nitrogen and oxygen atoms in total. The number of ether oxygens (including phenoxy) is 2. The smallest absolute Gasteiger partial charge is 0.351 e. The lowest BCUT2D eigenvalue weighted by atomic mass is 10.1. The summed E-state index contributed by atoms with van der Waals surface area (Å²) in [4.78, 5) is 27.1. The van der Waals surface area contributed by atoms with Gasteiger partial charge in [0.25, 0.3) is 0 Å². The van der Waals surface area contributed by atoms with Crippen LogP contribution in [0.5, 0.6) is 5.75 Å². The molecule has 0 bridgehead atoms. The third-order valence-corrected chi connectivity index (χ3v) is 4.69. The van der Waals surface area contributed by atoms with Crippen molar-refractivity contribution in [2.45, 2.75) is 13.5 Å². The van der Waals surface area contributed by atoms with Gasteiger partial charge in [-0.1, -0.05) is 0 Å². The van der Waals surface area contributed by atoms with Gasteiger partial charge in [-0.25, -0.2) is 13.9 Å². The van der Waals surface area contributed by atoms with Crippen LogP contribution in [0.15, 0.2) is 29.1 Å². The van der Waals surface area contributed by atoms with Gasteiger partial charge in [-0.2, -0.15) is 0 Å². The lowest BCUT2D eigenvalue weighted by Crippen LogP contribution is -2.43. The van der Waals surface area contributed by atoms with E-state index in [0.29, 0.717) is 43.2 Å². The first-order valence-electron chi connectivity index (χ1n) is 8.51. The Hall–Kier alpha value is -2.87. The summed E-state index contributed by atoms with van der Waals surface area (Å²) in [7, 11) is 1.58. The summed E-state index contributed by atoms with van der Waals surface area (Å²) in [6.45, 7) is 3.95. The zero-order valence-electron chi connectivity index (χ0n) is 14.8. The molecule has 2 aromatic heterocycles. The van der Waals surface area contributed by atoms with Crippen LogP contribution in [0.25, 0.3) is 16.6 Å². The summed E-state index contributed by atoms with van der Waals surface area (Å²) in [5, 5.41) is 5.31. The Morgan fingerprint density at radius 1 is 1.27 bits per heavy atom. The predicted octanol–water partition coefficient (Wildman–Crippen LogP) is 0.825. The highest BCUT2D eigenvalue weighted by atomic mass is 16.5. The normalized spacial score (nSPS) is 14.9. The van der Waals surface area contributed by atoms with Crippen LogP contribution in [-0.4, -0.2) is 58.4 Å². The van der Waals surface area contributed by atoms with Gasteiger partial charge in [0, 0.05) is 19.2 Å². The van der Waals surface area contributed by atoms with Crippen LogP contribution in [0, 0.1) is 6.92 Å². The summed E-state index contributed by atoms with van der Waals surface area (Å²) >= 11 is 0. The van der Waals surface area contributed by atoms with Crippen LogP contribution in [0.2, 0.25) is 0 Å². The van der Waals surface area contributed by atoms with E-state index >= 15 is 0 Å². The van der Waals surface area contributed by atoms with E-state index in [1.807, 2.05) is 25.1 Å². The molecule has 0 radical (unpaired) electrons. The number of hydrogen-bond donors (Lipinski definition) is 0. The van der Waals surface area contributed by atoms with Gasteiger partial charge < -0.3 is 14.4 Å². The topological polar surface area (TPSA) is 78.1 Å². The molecular weight excluding hydrogens is 336 g/mol. The predicted molar refractivity (Wildman–Crippen MR) is 95.6 cm³/mol. The van der Waals surface area contributed by atoms with Crippen molar-refractivity contribution in [2.24, 2.45) is 0 Å². The van der Waals surface area contributed by atoms with E-state index in [2.05, 4.69) is 5.10 Å². The number of aromatic nitrogens is 3. The van der Waals surface area contributed by atoms with Crippen molar-refractivity contribution in [3.8, 4) is 5.75 Å². The number of fused-ring (bicyclic) bond motifs is 3. The first-order chi connectivity index (χ1) is 12.6. The van der Waals surface area contributed by atoms with Gasteiger partial charge in [-0.15, -0.1) is 5.10 Å². The van der Waals surface area contributed by atoms with Gasteiger partial charge in [-0.3, -0.25) is 4.79 Å². The SMILES string of the molecule is COc1ccc2cc(C)c3nn(CC(=O)N4CCOCC4)c(=O)n3c2c1. The molecule has 4 rings (SSSR count). The minimum absolute atomic E-state index is 0.0780.